The minimum Gasteiger partial charge on any atom is -0.496 e. The van der Waals surface area contributed by atoms with Gasteiger partial charge in [-0.2, -0.15) is 0 Å². The molecule has 4 heteroatoms. The number of methoxy groups -OCH3 is 2. The maximum absolute atomic E-state index is 5.45. The third-order valence-electron chi connectivity index (χ3n) is 3.13. The lowest BCUT2D eigenvalue weighted by molar-refractivity contribution is 0.0118. The third kappa shape index (κ3) is 3.98. The molecule has 98 valence electrons. The summed E-state index contributed by atoms with van der Waals surface area (Å²) in [6.07, 6.45) is 2.05. The maximum atomic E-state index is 5.45. The Hall–Kier alpha value is -0.580. The van der Waals surface area contributed by atoms with Crippen molar-refractivity contribution in [1.29, 1.82) is 0 Å². The van der Waals surface area contributed by atoms with Gasteiger partial charge in [0.25, 0.3) is 0 Å². The van der Waals surface area contributed by atoms with Crippen molar-refractivity contribution in [1.82, 2.24) is 5.32 Å². The van der Waals surface area contributed by atoms with Gasteiger partial charge in [-0.25, -0.2) is 0 Å². The van der Waals surface area contributed by atoms with Gasteiger partial charge in [0, 0.05) is 13.2 Å². The van der Waals surface area contributed by atoms with Crippen LogP contribution < -0.4 is 10.1 Å². The van der Waals surface area contributed by atoms with Gasteiger partial charge in [-0.05, 0) is 45.2 Å². The van der Waals surface area contributed by atoms with Crippen molar-refractivity contribution in [2.24, 2.45) is 0 Å². The molecule has 0 saturated heterocycles. The van der Waals surface area contributed by atoms with E-state index in [0.29, 0.717) is 6.04 Å². The predicted molar refractivity (Wildman–Crippen MR) is 73.0 cm³/mol. The van der Waals surface area contributed by atoms with Gasteiger partial charge < -0.3 is 14.8 Å². The highest BCUT2D eigenvalue weighted by Gasteiger charge is 2.21. The lowest BCUT2D eigenvalue weighted by atomic mass is 9.98. The largest absolute Gasteiger partial charge is 0.496 e. The highest BCUT2D eigenvalue weighted by Crippen LogP contribution is 2.34. The molecule has 1 N–H and O–H groups in total. The van der Waals surface area contributed by atoms with Gasteiger partial charge in [0.1, 0.15) is 5.75 Å². The monoisotopic (exact) mass is 257 g/mol. The highest BCUT2D eigenvalue weighted by atomic mass is 32.1. The van der Waals surface area contributed by atoms with E-state index in [1.807, 2.05) is 13.1 Å². The minimum atomic E-state index is -0.0698. The number of ether oxygens (including phenoxy) is 2. The van der Waals surface area contributed by atoms with Crippen LogP contribution in [0, 0.1) is 0 Å². The lowest BCUT2D eigenvalue weighted by Crippen LogP contribution is -2.25. The van der Waals surface area contributed by atoms with Crippen LogP contribution in [0.4, 0.5) is 0 Å². The third-order valence-corrected chi connectivity index (χ3v) is 4.14. The standard InChI is InChI=1S/C13H23NO2S/c1-13(2,16-5)8-6-10(14-3)12-11(15-4)7-9-17-12/h7,9-10,14H,6,8H2,1-5H3. The average molecular weight is 257 g/mol. The molecule has 1 rings (SSSR count). The van der Waals surface area contributed by atoms with Crippen LogP contribution in [0.1, 0.15) is 37.6 Å². The van der Waals surface area contributed by atoms with E-state index in [-0.39, 0.29) is 5.60 Å². The van der Waals surface area contributed by atoms with Crippen LogP contribution in [0.5, 0.6) is 5.75 Å². The smallest absolute Gasteiger partial charge is 0.134 e. The summed E-state index contributed by atoms with van der Waals surface area (Å²) in [6, 6.07) is 2.35. The van der Waals surface area contributed by atoms with Crippen LogP contribution in [0.15, 0.2) is 11.4 Å². The Morgan fingerprint density at radius 3 is 2.65 bits per heavy atom. The molecule has 0 amide bonds. The van der Waals surface area contributed by atoms with Crippen LogP contribution in [-0.4, -0.2) is 26.9 Å². The SMILES string of the molecule is CNC(CCC(C)(C)OC)c1sccc1OC. The molecule has 1 unspecified atom stereocenters. The average Bonchev–Trinajstić information content (AvgIpc) is 2.78. The second-order valence-corrected chi connectivity index (χ2v) is 5.64. The second-order valence-electron chi connectivity index (χ2n) is 4.70. The van der Waals surface area contributed by atoms with Crippen molar-refractivity contribution in [3.63, 3.8) is 0 Å². The van der Waals surface area contributed by atoms with Crippen LogP contribution in [0.2, 0.25) is 0 Å². The van der Waals surface area contributed by atoms with Gasteiger partial charge >= 0.3 is 0 Å². The van der Waals surface area contributed by atoms with Crippen molar-refractivity contribution in [3.8, 4) is 5.75 Å². The van der Waals surface area contributed by atoms with Crippen molar-refractivity contribution < 1.29 is 9.47 Å². The first-order chi connectivity index (χ1) is 8.04. The minimum absolute atomic E-state index is 0.0698. The molecule has 3 nitrogen and oxygen atoms in total. The van der Waals surface area contributed by atoms with E-state index in [9.17, 15) is 0 Å². The molecule has 0 bridgehead atoms. The summed E-state index contributed by atoms with van der Waals surface area (Å²) in [5.74, 6) is 0.976. The van der Waals surface area contributed by atoms with E-state index in [1.54, 1.807) is 25.6 Å². The zero-order chi connectivity index (χ0) is 12.9. The quantitative estimate of drug-likeness (QED) is 0.813. The zero-order valence-electron chi connectivity index (χ0n) is 11.4. The molecule has 1 aromatic rings. The molecule has 0 saturated carbocycles. The highest BCUT2D eigenvalue weighted by molar-refractivity contribution is 7.10. The van der Waals surface area contributed by atoms with Crippen molar-refractivity contribution >= 4 is 11.3 Å². The van der Waals surface area contributed by atoms with E-state index in [4.69, 9.17) is 9.47 Å². The van der Waals surface area contributed by atoms with Gasteiger partial charge in [0.05, 0.1) is 17.6 Å². The summed E-state index contributed by atoms with van der Waals surface area (Å²) in [4.78, 5) is 1.27. The molecular formula is C13H23NO2S. The Bertz CT molecular complexity index is 336. The predicted octanol–water partition coefficient (Wildman–Crippen LogP) is 3.22. The van der Waals surface area contributed by atoms with Crippen LogP contribution >= 0.6 is 11.3 Å². The molecule has 17 heavy (non-hydrogen) atoms. The van der Waals surface area contributed by atoms with Crippen molar-refractivity contribution in [2.45, 2.75) is 38.3 Å². The summed E-state index contributed by atoms with van der Waals surface area (Å²) in [5, 5.41) is 5.42. The van der Waals surface area contributed by atoms with E-state index in [2.05, 4.69) is 24.5 Å². The summed E-state index contributed by atoms with van der Waals surface area (Å²) in [7, 11) is 5.47. The fourth-order valence-corrected chi connectivity index (χ4v) is 2.74. The second kappa shape index (κ2) is 6.38. The summed E-state index contributed by atoms with van der Waals surface area (Å²) in [6.45, 7) is 4.23. The van der Waals surface area contributed by atoms with E-state index < -0.39 is 0 Å². The lowest BCUT2D eigenvalue weighted by Gasteiger charge is -2.25. The Labute approximate surface area is 108 Å². The Kier molecular flexibility index (Phi) is 5.43. The molecule has 1 heterocycles. The van der Waals surface area contributed by atoms with Crippen LogP contribution in [0.3, 0.4) is 0 Å². The molecule has 0 aliphatic carbocycles. The normalized spacial score (nSPS) is 13.7. The number of hydrogen-bond donors (Lipinski definition) is 1. The first-order valence-electron chi connectivity index (χ1n) is 5.88. The van der Waals surface area contributed by atoms with Gasteiger partial charge in [0.15, 0.2) is 0 Å². The Morgan fingerprint density at radius 1 is 1.41 bits per heavy atom. The summed E-state index contributed by atoms with van der Waals surface area (Å²) < 4.78 is 10.8. The number of rotatable bonds is 7. The number of nitrogens with one attached hydrogen (secondary N) is 1. The molecule has 0 spiro atoms. The van der Waals surface area contributed by atoms with E-state index >= 15 is 0 Å². The van der Waals surface area contributed by atoms with Crippen LogP contribution in [0.25, 0.3) is 0 Å². The van der Waals surface area contributed by atoms with Crippen molar-refractivity contribution in [2.75, 3.05) is 21.3 Å². The molecular weight excluding hydrogens is 234 g/mol. The van der Waals surface area contributed by atoms with Gasteiger partial charge in [0.2, 0.25) is 0 Å². The van der Waals surface area contributed by atoms with Gasteiger partial charge in [-0.1, -0.05) is 0 Å². The summed E-state index contributed by atoms with van der Waals surface area (Å²) in [5.41, 5.74) is -0.0698. The fraction of sp³-hybridized carbons (Fsp3) is 0.692. The topological polar surface area (TPSA) is 30.5 Å². The molecule has 0 aliphatic heterocycles. The molecule has 0 aromatic carbocycles. The van der Waals surface area contributed by atoms with E-state index in [0.717, 1.165) is 18.6 Å². The molecule has 0 aliphatic rings. The Morgan fingerprint density at radius 2 is 2.12 bits per heavy atom. The number of thiophene rings is 1. The first-order valence-corrected chi connectivity index (χ1v) is 6.76. The van der Waals surface area contributed by atoms with Crippen molar-refractivity contribution in [3.05, 3.63) is 16.3 Å². The maximum Gasteiger partial charge on any atom is 0.134 e. The van der Waals surface area contributed by atoms with Crippen LogP contribution in [-0.2, 0) is 4.74 Å². The molecule has 1 atom stereocenters. The molecule has 0 fully saturated rings. The molecule has 0 radical (unpaired) electrons. The number of hydrogen-bond acceptors (Lipinski definition) is 4. The zero-order valence-corrected chi connectivity index (χ0v) is 12.2. The van der Waals surface area contributed by atoms with E-state index in [1.165, 1.54) is 4.88 Å². The van der Waals surface area contributed by atoms with Gasteiger partial charge in [-0.3, -0.25) is 0 Å². The molecule has 1 aromatic heterocycles. The summed E-state index contributed by atoms with van der Waals surface area (Å²) >= 11 is 1.74. The van der Waals surface area contributed by atoms with Gasteiger partial charge in [-0.15, -0.1) is 11.3 Å². The first kappa shape index (κ1) is 14.5. The fourth-order valence-electron chi connectivity index (χ4n) is 1.73. The Balaban J connectivity index is 2.66.